The summed E-state index contributed by atoms with van der Waals surface area (Å²) in [5, 5.41) is 1.04. The lowest BCUT2D eigenvalue weighted by Gasteiger charge is -2.01. The minimum absolute atomic E-state index is 1.04. The van der Waals surface area contributed by atoms with E-state index in [2.05, 4.69) is 83.9 Å². The second-order valence-corrected chi connectivity index (χ2v) is 6.40. The van der Waals surface area contributed by atoms with Crippen LogP contribution in [0.2, 0.25) is 0 Å². The summed E-state index contributed by atoms with van der Waals surface area (Å²) in [7, 11) is 0. The fourth-order valence-electron chi connectivity index (χ4n) is 2.55. The van der Waals surface area contributed by atoms with Crippen LogP contribution in [0.3, 0.4) is 0 Å². The van der Waals surface area contributed by atoms with Gasteiger partial charge >= 0.3 is 0 Å². The Morgan fingerprint density at radius 3 is 2.13 bits per heavy atom. The van der Waals surface area contributed by atoms with Crippen LogP contribution in [0.25, 0.3) is 33.5 Å². The number of nitrogens with zero attached hydrogens (tertiary/aromatic N) is 1. The number of thiazole rings is 1. The molecule has 1 aromatic heterocycles. The van der Waals surface area contributed by atoms with Crippen LogP contribution in [-0.2, 0) is 0 Å². The number of fused-ring (bicyclic) bond motifs is 1. The third-order valence-electron chi connectivity index (χ3n) is 3.75. The van der Waals surface area contributed by atoms with Gasteiger partial charge in [0.25, 0.3) is 0 Å². The van der Waals surface area contributed by atoms with Gasteiger partial charge < -0.3 is 0 Å². The van der Waals surface area contributed by atoms with Crippen molar-refractivity contribution in [2.75, 3.05) is 0 Å². The van der Waals surface area contributed by atoms with Gasteiger partial charge in [-0.1, -0.05) is 72.8 Å². The van der Waals surface area contributed by atoms with E-state index in [1.807, 2.05) is 12.1 Å². The average Bonchev–Trinajstić information content (AvgIpc) is 3.04. The molecule has 4 rings (SSSR count). The SMILES string of the molecule is C(=Cc1nc2ccccc2s1)c1ccc(-c2ccccc2)cc1. The van der Waals surface area contributed by atoms with Crippen LogP contribution in [0.5, 0.6) is 0 Å². The van der Waals surface area contributed by atoms with Crippen LogP contribution < -0.4 is 0 Å². The molecule has 0 aliphatic carbocycles. The van der Waals surface area contributed by atoms with Crippen molar-refractivity contribution in [1.29, 1.82) is 0 Å². The summed E-state index contributed by atoms with van der Waals surface area (Å²) >= 11 is 1.72. The highest BCUT2D eigenvalue weighted by Gasteiger charge is 2.00. The maximum Gasteiger partial charge on any atom is 0.117 e. The van der Waals surface area contributed by atoms with Gasteiger partial charge in [-0.2, -0.15) is 0 Å². The van der Waals surface area contributed by atoms with Gasteiger partial charge in [-0.15, -0.1) is 11.3 Å². The molecule has 0 N–H and O–H groups in total. The molecule has 0 bridgehead atoms. The van der Waals surface area contributed by atoms with Crippen molar-refractivity contribution in [2.45, 2.75) is 0 Å². The second-order valence-electron chi connectivity index (χ2n) is 5.34. The summed E-state index contributed by atoms with van der Waals surface area (Å²) in [6.45, 7) is 0. The number of hydrogen-bond acceptors (Lipinski definition) is 2. The molecule has 0 atom stereocenters. The third-order valence-corrected chi connectivity index (χ3v) is 4.75. The molecule has 1 heterocycles. The molecule has 0 aliphatic heterocycles. The zero-order valence-corrected chi connectivity index (χ0v) is 13.3. The Bertz CT molecular complexity index is 917. The highest BCUT2D eigenvalue weighted by Crippen LogP contribution is 2.24. The molecule has 0 fully saturated rings. The number of rotatable bonds is 3. The smallest absolute Gasteiger partial charge is 0.117 e. The number of benzene rings is 3. The molecule has 2 heteroatoms. The molecule has 0 aliphatic rings. The minimum atomic E-state index is 1.04. The summed E-state index contributed by atoms with van der Waals surface area (Å²) in [5.74, 6) is 0. The topological polar surface area (TPSA) is 12.9 Å². The van der Waals surface area contributed by atoms with E-state index in [1.54, 1.807) is 11.3 Å². The summed E-state index contributed by atoms with van der Waals surface area (Å²) in [6.07, 6.45) is 4.20. The molecule has 110 valence electrons. The van der Waals surface area contributed by atoms with Gasteiger partial charge in [0.1, 0.15) is 5.01 Å². The standard InChI is InChI=1S/C21H15NS/c1-2-6-17(7-3-1)18-13-10-16(11-14-18)12-15-21-22-19-8-4-5-9-20(19)23-21/h1-15H. The normalized spacial score (nSPS) is 11.3. The van der Waals surface area contributed by atoms with Crippen LogP contribution in [0, 0.1) is 0 Å². The molecular formula is C21H15NS. The van der Waals surface area contributed by atoms with E-state index in [0.717, 1.165) is 10.5 Å². The Balaban J connectivity index is 1.56. The molecule has 0 unspecified atom stereocenters. The fraction of sp³-hybridized carbons (Fsp3) is 0. The first-order valence-corrected chi connectivity index (χ1v) is 8.39. The Labute approximate surface area is 139 Å². The molecular weight excluding hydrogens is 298 g/mol. The van der Waals surface area contributed by atoms with E-state index in [9.17, 15) is 0 Å². The van der Waals surface area contributed by atoms with E-state index < -0.39 is 0 Å². The van der Waals surface area contributed by atoms with Crippen molar-refractivity contribution in [3.05, 3.63) is 89.4 Å². The van der Waals surface area contributed by atoms with Crippen LogP contribution in [0.15, 0.2) is 78.9 Å². The van der Waals surface area contributed by atoms with Crippen molar-refractivity contribution in [3.8, 4) is 11.1 Å². The van der Waals surface area contributed by atoms with E-state index >= 15 is 0 Å². The number of para-hydroxylation sites is 1. The second kappa shape index (κ2) is 6.19. The van der Waals surface area contributed by atoms with Crippen LogP contribution in [0.4, 0.5) is 0 Å². The summed E-state index contributed by atoms with van der Waals surface area (Å²) in [4.78, 5) is 4.62. The zero-order valence-electron chi connectivity index (χ0n) is 12.5. The predicted octanol–water partition coefficient (Wildman–Crippen LogP) is 6.13. The molecule has 4 aromatic rings. The van der Waals surface area contributed by atoms with Crippen molar-refractivity contribution < 1.29 is 0 Å². The van der Waals surface area contributed by atoms with Gasteiger partial charge in [0.2, 0.25) is 0 Å². The lowest BCUT2D eigenvalue weighted by atomic mass is 10.0. The molecule has 0 saturated heterocycles. The average molecular weight is 313 g/mol. The van der Waals surface area contributed by atoms with Gasteiger partial charge in [0, 0.05) is 0 Å². The van der Waals surface area contributed by atoms with Crippen LogP contribution >= 0.6 is 11.3 Å². The van der Waals surface area contributed by atoms with E-state index in [1.165, 1.54) is 21.4 Å². The Morgan fingerprint density at radius 1 is 0.652 bits per heavy atom. The lowest BCUT2D eigenvalue weighted by molar-refractivity contribution is 1.46. The maximum atomic E-state index is 4.62. The van der Waals surface area contributed by atoms with Crippen molar-refractivity contribution in [2.24, 2.45) is 0 Å². The molecule has 0 saturated carbocycles. The van der Waals surface area contributed by atoms with Gasteiger partial charge in [-0.05, 0) is 34.9 Å². The molecule has 23 heavy (non-hydrogen) atoms. The van der Waals surface area contributed by atoms with Crippen LogP contribution in [-0.4, -0.2) is 4.98 Å². The highest BCUT2D eigenvalue weighted by atomic mass is 32.1. The van der Waals surface area contributed by atoms with Gasteiger partial charge in [0.15, 0.2) is 0 Å². The van der Waals surface area contributed by atoms with Gasteiger partial charge in [-0.3, -0.25) is 0 Å². The quantitative estimate of drug-likeness (QED) is 0.443. The number of hydrogen-bond donors (Lipinski definition) is 0. The van der Waals surface area contributed by atoms with Gasteiger partial charge in [-0.25, -0.2) is 4.98 Å². The van der Waals surface area contributed by atoms with E-state index in [4.69, 9.17) is 0 Å². The van der Waals surface area contributed by atoms with Crippen molar-refractivity contribution in [1.82, 2.24) is 4.98 Å². The largest absolute Gasteiger partial charge is 0.237 e. The predicted molar refractivity (Wildman–Crippen MR) is 100 cm³/mol. The Hall–Kier alpha value is -2.71. The molecule has 0 spiro atoms. The van der Waals surface area contributed by atoms with Crippen molar-refractivity contribution in [3.63, 3.8) is 0 Å². The molecule has 0 radical (unpaired) electrons. The van der Waals surface area contributed by atoms with Crippen molar-refractivity contribution >= 4 is 33.7 Å². The summed E-state index contributed by atoms with van der Waals surface area (Å²) in [5.41, 5.74) is 4.73. The fourth-order valence-corrected chi connectivity index (χ4v) is 3.42. The summed E-state index contributed by atoms with van der Waals surface area (Å²) < 4.78 is 1.23. The first-order valence-electron chi connectivity index (χ1n) is 7.58. The number of aromatic nitrogens is 1. The monoisotopic (exact) mass is 313 g/mol. The van der Waals surface area contributed by atoms with Crippen LogP contribution in [0.1, 0.15) is 10.6 Å². The molecule has 3 aromatic carbocycles. The first-order chi connectivity index (χ1) is 11.4. The van der Waals surface area contributed by atoms with Gasteiger partial charge in [0.05, 0.1) is 10.2 Å². The molecule has 0 amide bonds. The zero-order chi connectivity index (χ0) is 15.5. The minimum Gasteiger partial charge on any atom is -0.237 e. The third kappa shape index (κ3) is 3.08. The first kappa shape index (κ1) is 13.9. The van der Waals surface area contributed by atoms with E-state index in [0.29, 0.717) is 0 Å². The van der Waals surface area contributed by atoms with E-state index in [-0.39, 0.29) is 0 Å². The lowest BCUT2D eigenvalue weighted by Crippen LogP contribution is -1.77. The maximum absolute atomic E-state index is 4.62. The highest BCUT2D eigenvalue weighted by molar-refractivity contribution is 7.19. The Kier molecular flexibility index (Phi) is 3.75. The summed E-state index contributed by atoms with van der Waals surface area (Å²) in [6, 6.07) is 27.3. The molecule has 1 nitrogen and oxygen atoms in total. The Morgan fingerprint density at radius 2 is 1.35 bits per heavy atom.